The van der Waals surface area contributed by atoms with Crippen molar-refractivity contribution in [3.8, 4) is 12.3 Å². The van der Waals surface area contributed by atoms with E-state index in [0.717, 1.165) is 10.7 Å². The predicted molar refractivity (Wildman–Crippen MR) is 82.7 cm³/mol. The topological polar surface area (TPSA) is 56.7 Å². The molecule has 1 aliphatic heterocycles. The van der Waals surface area contributed by atoms with Crippen LogP contribution < -0.4 is 0 Å². The molecule has 0 aromatic carbocycles. The average Bonchev–Trinajstić information content (AvgIpc) is 2.88. The zero-order valence-corrected chi connectivity index (χ0v) is 13.3. The van der Waals surface area contributed by atoms with E-state index in [1.807, 2.05) is 17.3 Å². The highest BCUT2D eigenvalue weighted by Gasteiger charge is 2.36. The summed E-state index contributed by atoms with van der Waals surface area (Å²) in [6.45, 7) is 3.98. The molecule has 114 valence electrons. The van der Waals surface area contributed by atoms with Crippen LogP contribution in [0.5, 0.6) is 0 Å². The Kier molecular flexibility index (Phi) is 4.99. The van der Waals surface area contributed by atoms with E-state index in [2.05, 4.69) is 10.9 Å². The second-order valence-electron chi connectivity index (χ2n) is 5.54. The normalized spacial score (nSPS) is 17.8. The molecule has 1 amide bonds. The number of hydrogen-bond acceptors (Lipinski definition) is 5. The molecule has 5 nitrogen and oxygen atoms in total. The number of likely N-dealkylation sites (tertiary alicyclic amines) is 1. The molecular formula is C15H21N3O2S. The molecule has 2 heterocycles. The van der Waals surface area contributed by atoms with Crippen LogP contribution in [-0.4, -0.2) is 52.5 Å². The summed E-state index contributed by atoms with van der Waals surface area (Å²) < 4.78 is 0. The summed E-state index contributed by atoms with van der Waals surface area (Å²) in [5.41, 5.74) is -0.189. The summed E-state index contributed by atoms with van der Waals surface area (Å²) in [6, 6.07) is 0. The summed E-state index contributed by atoms with van der Waals surface area (Å²) in [4.78, 5) is 19.7. The van der Waals surface area contributed by atoms with Crippen molar-refractivity contribution >= 4 is 17.2 Å². The van der Waals surface area contributed by atoms with Crippen molar-refractivity contribution in [2.75, 3.05) is 26.7 Å². The monoisotopic (exact) mass is 307 g/mol. The number of terminal acetylenes is 1. The highest BCUT2D eigenvalue weighted by molar-refractivity contribution is 7.09. The number of carbonyl (C=O) groups excluding carboxylic acids is 1. The quantitative estimate of drug-likeness (QED) is 0.845. The van der Waals surface area contributed by atoms with Crippen LogP contribution in [-0.2, 0) is 16.9 Å². The first-order valence-electron chi connectivity index (χ1n) is 6.99. The molecule has 1 saturated heterocycles. The number of piperidine rings is 1. The molecule has 6 heteroatoms. The van der Waals surface area contributed by atoms with Crippen molar-refractivity contribution in [2.24, 2.45) is 0 Å². The van der Waals surface area contributed by atoms with Crippen LogP contribution in [0.2, 0.25) is 0 Å². The van der Waals surface area contributed by atoms with Crippen LogP contribution in [0.15, 0.2) is 5.38 Å². The van der Waals surface area contributed by atoms with E-state index in [-0.39, 0.29) is 5.91 Å². The van der Waals surface area contributed by atoms with Gasteiger partial charge in [-0.1, -0.05) is 5.92 Å². The van der Waals surface area contributed by atoms with Crippen LogP contribution in [0, 0.1) is 12.3 Å². The standard InChI is InChI=1S/C15H21N3O2S/c1-4-7-17(3)10-14-16-13(11-21-14)15(20)5-8-18(9-6-15)12(2)19/h1,11,20H,5-10H2,2-3H3. The number of hydrogen-bond donors (Lipinski definition) is 1. The summed E-state index contributed by atoms with van der Waals surface area (Å²) >= 11 is 1.54. The lowest BCUT2D eigenvalue weighted by Gasteiger charge is -2.36. The molecular weight excluding hydrogens is 286 g/mol. The Hall–Kier alpha value is -1.42. The Morgan fingerprint density at radius 1 is 1.62 bits per heavy atom. The summed E-state index contributed by atoms with van der Waals surface area (Å²) in [7, 11) is 1.95. The van der Waals surface area contributed by atoms with Crippen molar-refractivity contribution in [1.82, 2.24) is 14.8 Å². The predicted octanol–water partition coefficient (Wildman–Crippen LogP) is 1.04. The largest absolute Gasteiger partial charge is 0.383 e. The van der Waals surface area contributed by atoms with Gasteiger partial charge in [0.1, 0.15) is 10.6 Å². The van der Waals surface area contributed by atoms with Gasteiger partial charge in [0.25, 0.3) is 0 Å². The van der Waals surface area contributed by atoms with E-state index in [0.29, 0.717) is 39.0 Å². The van der Waals surface area contributed by atoms with Gasteiger partial charge in [-0.15, -0.1) is 17.8 Å². The number of nitrogens with zero attached hydrogens (tertiary/aromatic N) is 3. The first-order chi connectivity index (χ1) is 9.94. The Labute approximate surface area is 129 Å². The van der Waals surface area contributed by atoms with Crippen molar-refractivity contribution < 1.29 is 9.90 Å². The molecule has 2 rings (SSSR count). The lowest BCUT2D eigenvalue weighted by molar-refractivity contribution is -0.133. The Morgan fingerprint density at radius 2 is 2.29 bits per heavy atom. The molecule has 1 aliphatic rings. The second kappa shape index (κ2) is 6.56. The Morgan fingerprint density at radius 3 is 2.86 bits per heavy atom. The van der Waals surface area contributed by atoms with E-state index in [1.165, 1.54) is 0 Å². The fourth-order valence-electron chi connectivity index (χ4n) is 2.49. The molecule has 1 fully saturated rings. The van der Waals surface area contributed by atoms with E-state index >= 15 is 0 Å². The molecule has 0 aliphatic carbocycles. The Balaban J connectivity index is 2.01. The lowest BCUT2D eigenvalue weighted by Crippen LogP contribution is -2.44. The van der Waals surface area contributed by atoms with Crippen LogP contribution >= 0.6 is 11.3 Å². The molecule has 0 spiro atoms. The van der Waals surface area contributed by atoms with E-state index in [1.54, 1.807) is 23.2 Å². The van der Waals surface area contributed by atoms with Crippen LogP contribution in [0.4, 0.5) is 0 Å². The van der Waals surface area contributed by atoms with Crippen LogP contribution in [0.3, 0.4) is 0 Å². The maximum Gasteiger partial charge on any atom is 0.219 e. The minimum atomic E-state index is -0.911. The van der Waals surface area contributed by atoms with Gasteiger partial charge < -0.3 is 10.0 Å². The SMILES string of the molecule is C#CCN(C)Cc1nc(C2(O)CCN(C(C)=O)CC2)cs1. The second-order valence-corrected chi connectivity index (χ2v) is 6.48. The van der Waals surface area contributed by atoms with Crippen LogP contribution in [0.25, 0.3) is 0 Å². The molecule has 0 bridgehead atoms. The molecule has 1 N–H and O–H groups in total. The van der Waals surface area contributed by atoms with Crippen molar-refractivity contribution in [2.45, 2.75) is 31.9 Å². The lowest BCUT2D eigenvalue weighted by atomic mass is 9.89. The van der Waals surface area contributed by atoms with Crippen molar-refractivity contribution in [1.29, 1.82) is 0 Å². The Bertz CT molecular complexity index is 541. The van der Waals surface area contributed by atoms with Gasteiger partial charge in [0.05, 0.1) is 18.8 Å². The summed E-state index contributed by atoms with van der Waals surface area (Å²) in [5, 5.41) is 13.6. The summed E-state index contributed by atoms with van der Waals surface area (Å²) in [5.74, 6) is 2.66. The molecule has 0 atom stereocenters. The zero-order chi connectivity index (χ0) is 15.5. The number of carbonyl (C=O) groups is 1. The summed E-state index contributed by atoms with van der Waals surface area (Å²) in [6.07, 6.45) is 6.36. The molecule has 0 radical (unpaired) electrons. The van der Waals surface area contributed by atoms with Gasteiger partial charge in [0, 0.05) is 25.4 Å². The van der Waals surface area contributed by atoms with Crippen LogP contribution in [0.1, 0.15) is 30.5 Å². The van der Waals surface area contributed by atoms with E-state index in [9.17, 15) is 9.90 Å². The fourth-order valence-corrected chi connectivity index (χ4v) is 3.45. The van der Waals surface area contributed by atoms with Gasteiger partial charge in [-0.3, -0.25) is 9.69 Å². The van der Waals surface area contributed by atoms with Gasteiger partial charge in [0.15, 0.2) is 0 Å². The molecule has 1 aromatic rings. The molecule has 0 saturated carbocycles. The van der Waals surface area contributed by atoms with Gasteiger partial charge in [0.2, 0.25) is 5.91 Å². The maximum absolute atomic E-state index is 11.3. The minimum absolute atomic E-state index is 0.0620. The molecule has 0 unspecified atom stereocenters. The first kappa shape index (κ1) is 16.0. The third-order valence-electron chi connectivity index (χ3n) is 3.83. The van der Waals surface area contributed by atoms with Crippen molar-refractivity contribution in [3.63, 3.8) is 0 Å². The molecule has 1 aromatic heterocycles. The van der Waals surface area contributed by atoms with Crippen molar-refractivity contribution in [3.05, 3.63) is 16.1 Å². The van der Waals surface area contributed by atoms with E-state index in [4.69, 9.17) is 6.42 Å². The number of thiazole rings is 1. The number of aromatic nitrogens is 1. The third kappa shape index (κ3) is 3.82. The average molecular weight is 307 g/mol. The number of rotatable bonds is 4. The van der Waals surface area contributed by atoms with Gasteiger partial charge in [-0.2, -0.15) is 0 Å². The highest BCUT2D eigenvalue weighted by atomic mass is 32.1. The van der Waals surface area contributed by atoms with Gasteiger partial charge >= 0.3 is 0 Å². The van der Waals surface area contributed by atoms with Gasteiger partial charge in [-0.25, -0.2) is 4.98 Å². The molecule has 21 heavy (non-hydrogen) atoms. The number of aliphatic hydroxyl groups is 1. The van der Waals surface area contributed by atoms with E-state index < -0.39 is 5.60 Å². The minimum Gasteiger partial charge on any atom is -0.383 e. The first-order valence-corrected chi connectivity index (χ1v) is 7.87. The smallest absolute Gasteiger partial charge is 0.219 e. The maximum atomic E-state index is 11.3. The highest BCUT2D eigenvalue weighted by Crippen LogP contribution is 2.33. The van der Waals surface area contributed by atoms with Gasteiger partial charge in [-0.05, 0) is 19.9 Å². The third-order valence-corrected chi connectivity index (χ3v) is 4.66. The fraction of sp³-hybridized carbons (Fsp3) is 0.600. The zero-order valence-electron chi connectivity index (χ0n) is 12.5. The number of amides is 1.